The Morgan fingerprint density at radius 3 is 2.46 bits per heavy atom. The summed E-state index contributed by atoms with van der Waals surface area (Å²) in [6, 6.07) is 13.8. The molecule has 2 N–H and O–H groups in total. The predicted molar refractivity (Wildman–Crippen MR) is 93.3 cm³/mol. The van der Waals surface area contributed by atoms with E-state index in [2.05, 4.69) is 10.9 Å². The van der Waals surface area contributed by atoms with Crippen molar-refractivity contribution < 1.29 is 18.8 Å². The number of amides is 3. The number of hydrazine groups is 1. The lowest BCUT2D eigenvalue weighted by atomic mass is 10.1. The Morgan fingerprint density at radius 2 is 1.77 bits per heavy atom. The van der Waals surface area contributed by atoms with Crippen LogP contribution >= 0.6 is 0 Å². The van der Waals surface area contributed by atoms with Crippen molar-refractivity contribution in [2.75, 3.05) is 4.90 Å². The first kappa shape index (κ1) is 17.8. The lowest BCUT2D eigenvalue weighted by Crippen LogP contribution is -2.48. The number of halogens is 1. The minimum Gasteiger partial charge on any atom is -0.291 e. The summed E-state index contributed by atoms with van der Waals surface area (Å²) in [5.74, 6) is -1.61. The molecule has 1 heterocycles. The van der Waals surface area contributed by atoms with Crippen molar-refractivity contribution in [2.45, 2.75) is 25.3 Å². The molecule has 0 spiro atoms. The molecule has 26 heavy (non-hydrogen) atoms. The van der Waals surface area contributed by atoms with Crippen LogP contribution in [0.25, 0.3) is 0 Å². The minimum atomic E-state index is -0.840. The fourth-order valence-corrected chi connectivity index (χ4v) is 2.74. The van der Waals surface area contributed by atoms with Gasteiger partial charge in [0.1, 0.15) is 11.9 Å². The quantitative estimate of drug-likeness (QED) is 0.611. The van der Waals surface area contributed by atoms with Crippen molar-refractivity contribution in [2.24, 2.45) is 0 Å². The van der Waals surface area contributed by atoms with E-state index in [0.29, 0.717) is 12.1 Å². The molecule has 1 aliphatic heterocycles. The second kappa shape index (κ2) is 7.88. The van der Waals surface area contributed by atoms with Crippen LogP contribution in [0, 0.1) is 5.82 Å². The van der Waals surface area contributed by atoms with Crippen LogP contribution in [-0.4, -0.2) is 23.8 Å². The maximum atomic E-state index is 13.0. The minimum absolute atomic E-state index is 0.0742. The normalized spacial score (nSPS) is 16.8. The van der Waals surface area contributed by atoms with E-state index >= 15 is 0 Å². The van der Waals surface area contributed by atoms with Crippen LogP contribution in [0.4, 0.5) is 10.1 Å². The second-order valence-corrected chi connectivity index (χ2v) is 5.98. The van der Waals surface area contributed by atoms with Gasteiger partial charge in [0.25, 0.3) is 5.91 Å². The van der Waals surface area contributed by atoms with Crippen molar-refractivity contribution >= 4 is 23.4 Å². The van der Waals surface area contributed by atoms with Crippen LogP contribution in [0.15, 0.2) is 54.6 Å². The van der Waals surface area contributed by atoms with Crippen LogP contribution in [0.1, 0.15) is 18.4 Å². The highest BCUT2D eigenvalue weighted by Crippen LogP contribution is 2.22. The Kier molecular flexibility index (Phi) is 5.38. The summed E-state index contributed by atoms with van der Waals surface area (Å²) < 4.78 is 13.0. The summed E-state index contributed by atoms with van der Waals surface area (Å²) >= 11 is 0. The van der Waals surface area contributed by atoms with Gasteiger partial charge in [-0.3, -0.25) is 19.8 Å². The smallest absolute Gasteiger partial charge is 0.253 e. The topological polar surface area (TPSA) is 78.5 Å². The van der Waals surface area contributed by atoms with Gasteiger partial charge in [-0.2, -0.15) is 0 Å². The first-order valence-corrected chi connectivity index (χ1v) is 8.25. The number of imide groups is 1. The van der Waals surface area contributed by atoms with Crippen LogP contribution in [0.5, 0.6) is 0 Å². The molecule has 0 aliphatic carbocycles. The Morgan fingerprint density at radius 1 is 1.08 bits per heavy atom. The lowest BCUT2D eigenvalue weighted by Gasteiger charge is -2.16. The molecule has 2 aromatic rings. The monoisotopic (exact) mass is 355 g/mol. The van der Waals surface area contributed by atoms with Gasteiger partial charge in [0, 0.05) is 6.42 Å². The predicted octanol–water partition coefficient (Wildman–Crippen LogP) is 1.71. The Bertz CT molecular complexity index is 809. The van der Waals surface area contributed by atoms with Crippen LogP contribution in [0.3, 0.4) is 0 Å². The molecule has 1 atom stereocenters. The summed E-state index contributed by atoms with van der Waals surface area (Å²) in [6.07, 6.45) is 0.760. The summed E-state index contributed by atoms with van der Waals surface area (Å²) in [6.45, 7) is 0. The molecule has 134 valence electrons. The Labute approximate surface area is 150 Å². The van der Waals surface area contributed by atoms with E-state index in [-0.39, 0.29) is 18.7 Å². The van der Waals surface area contributed by atoms with Crippen molar-refractivity contribution in [3.05, 3.63) is 66.0 Å². The highest BCUT2D eigenvalue weighted by Gasteiger charge is 2.39. The number of nitrogens with one attached hydrogen (secondary N) is 2. The summed E-state index contributed by atoms with van der Waals surface area (Å²) in [5.41, 5.74) is 6.45. The van der Waals surface area contributed by atoms with E-state index in [1.165, 1.54) is 24.3 Å². The fourth-order valence-electron chi connectivity index (χ4n) is 2.74. The van der Waals surface area contributed by atoms with Crippen LogP contribution in [-0.2, 0) is 20.8 Å². The van der Waals surface area contributed by atoms with Crippen molar-refractivity contribution in [1.29, 1.82) is 0 Å². The van der Waals surface area contributed by atoms with Crippen molar-refractivity contribution in [3.63, 3.8) is 0 Å². The van der Waals surface area contributed by atoms with Crippen molar-refractivity contribution in [3.8, 4) is 0 Å². The molecular weight excluding hydrogens is 337 g/mol. The fraction of sp³-hybridized carbons (Fsp3) is 0.211. The third-order valence-corrected chi connectivity index (χ3v) is 4.10. The third-order valence-electron chi connectivity index (χ3n) is 4.10. The molecule has 2 aromatic carbocycles. The molecule has 0 radical (unpaired) electrons. The van der Waals surface area contributed by atoms with E-state index < -0.39 is 23.7 Å². The van der Waals surface area contributed by atoms with Crippen LogP contribution < -0.4 is 15.8 Å². The highest BCUT2D eigenvalue weighted by atomic mass is 19.1. The molecular formula is C19H18FN3O3. The maximum absolute atomic E-state index is 13.0. The average molecular weight is 355 g/mol. The number of hydrogen-bond acceptors (Lipinski definition) is 4. The zero-order valence-electron chi connectivity index (χ0n) is 13.9. The second-order valence-electron chi connectivity index (χ2n) is 5.98. The third kappa shape index (κ3) is 4.12. The maximum Gasteiger partial charge on any atom is 0.253 e. The zero-order valence-corrected chi connectivity index (χ0v) is 13.9. The number of nitrogens with zero attached hydrogens (tertiary/aromatic N) is 1. The summed E-state index contributed by atoms with van der Waals surface area (Å²) in [4.78, 5) is 37.4. The van der Waals surface area contributed by atoms with Crippen LogP contribution in [0.2, 0.25) is 0 Å². The van der Waals surface area contributed by atoms with E-state index in [1.807, 2.05) is 30.3 Å². The average Bonchev–Trinajstić information content (AvgIpc) is 2.93. The number of benzene rings is 2. The molecule has 1 saturated heterocycles. The van der Waals surface area contributed by atoms with Gasteiger partial charge in [-0.15, -0.1) is 0 Å². The summed E-state index contributed by atoms with van der Waals surface area (Å²) in [7, 11) is 0. The number of carbonyl (C=O) groups is 3. The molecule has 3 amide bonds. The zero-order chi connectivity index (χ0) is 18.5. The van der Waals surface area contributed by atoms with Gasteiger partial charge < -0.3 is 0 Å². The number of anilines is 1. The first-order valence-electron chi connectivity index (χ1n) is 8.25. The largest absolute Gasteiger partial charge is 0.291 e. The number of carbonyl (C=O) groups excluding carboxylic acids is 3. The first-order chi connectivity index (χ1) is 12.5. The Hall–Kier alpha value is -3.06. The molecule has 1 aliphatic rings. The molecule has 6 nitrogen and oxygen atoms in total. The SMILES string of the molecule is O=C(CCc1ccccc1)NN[C@@H]1CC(=O)N(c2ccc(F)cc2)C1=O. The highest BCUT2D eigenvalue weighted by molar-refractivity contribution is 6.22. The number of aryl methyl sites for hydroxylation is 1. The van der Waals surface area contributed by atoms with Gasteiger partial charge in [0.2, 0.25) is 11.8 Å². The molecule has 1 fully saturated rings. The van der Waals surface area contributed by atoms with Gasteiger partial charge in [-0.25, -0.2) is 14.7 Å². The standard InChI is InChI=1S/C19H18FN3O3/c20-14-7-9-15(10-8-14)23-18(25)12-16(19(23)26)21-22-17(24)11-6-13-4-2-1-3-5-13/h1-5,7-10,16,21H,6,11-12H2,(H,22,24)/t16-/m1/s1. The molecule has 3 rings (SSSR count). The van der Waals surface area contributed by atoms with E-state index in [1.54, 1.807) is 0 Å². The molecule has 0 unspecified atom stereocenters. The molecule has 0 aromatic heterocycles. The molecule has 7 heteroatoms. The van der Waals surface area contributed by atoms with E-state index in [9.17, 15) is 18.8 Å². The van der Waals surface area contributed by atoms with Crippen molar-refractivity contribution in [1.82, 2.24) is 10.9 Å². The molecule has 0 saturated carbocycles. The molecule has 0 bridgehead atoms. The van der Waals surface area contributed by atoms with E-state index in [0.717, 1.165) is 10.5 Å². The van der Waals surface area contributed by atoms with Gasteiger partial charge in [-0.05, 0) is 36.2 Å². The van der Waals surface area contributed by atoms with E-state index in [4.69, 9.17) is 0 Å². The number of rotatable bonds is 6. The van der Waals surface area contributed by atoms with Gasteiger partial charge in [0.15, 0.2) is 0 Å². The lowest BCUT2D eigenvalue weighted by molar-refractivity contribution is -0.123. The summed E-state index contributed by atoms with van der Waals surface area (Å²) in [5, 5.41) is 0. The van der Waals surface area contributed by atoms with Gasteiger partial charge in [0.05, 0.1) is 12.1 Å². The van der Waals surface area contributed by atoms with Gasteiger partial charge >= 0.3 is 0 Å². The van der Waals surface area contributed by atoms with Gasteiger partial charge in [-0.1, -0.05) is 30.3 Å². The Balaban J connectivity index is 1.52. The number of hydrogen-bond donors (Lipinski definition) is 2.